The van der Waals surface area contributed by atoms with E-state index in [9.17, 15) is 14.4 Å². The molecule has 0 aliphatic rings. The van der Waals surface area contributed by atoms with Crippen LogP contribution in [0.4, 0.5) is 0 Å². The van der Waals surface area contributed by atoms with Crippen molar-refractivity contribution in [2.75, 3.05) is 18.1 Å². The Hall–Kier alpha value is -1.28. The first-order valence-electron chi connectivity index (χ1n) is 5.19. The van der Waals surface area contributed by atoms with Crippen LogP contribution in [0.25, 0.3) is 0 Å². The Morgan fingerprint density at radius 1 is 1.22 bits per heavy atom. The molecule has 1 unspecified atom stereocenters. The molecule has 0 heterocycles. The molecule has 0 aliphatic carbocycles. The molecule has 0 aromatic carbocycles. The lowest BCUT2D eigenvalue weighted by atomic mass is 10.4. The monoisotopic (exact) mass is 279 g/mol. The molecule has 3 N–H and O–H groups in total. The summed E-state index contributed by atoms with van der Waals surface area (Å²) in [4.78, 5) is 31.9. The van der Waals surface area contributed by atoms with Crippen molar-refractivity contribution in [3.63, 3.8) is 0 Å². The van der Waals surface area contributed by atoms with Crippen LogP contribution in [0.5, 0.6) is 0 Å². The number of carboxylic acids is 1. The Kier molecular flexibility index (Phi) is 8.14. The second kappa shape index (κ2) is 8.76. The highest BCUT2D eigenvalue weighted by atomic mass is 32.2. The zero-order chi connectivity index (χ0) is 14.1. The molecule has 0 saturated carbocycles. The highest BCUT2D eigenvalue weighted by Gasteiger charge is 2.17. The Morgan fingerprint density at radius 2 is 1.83 bits per heavy atom. The molecule has 18 heavy (non-hydrogen) atoms. The van der Waals surface area contributed by atoms with Crippen molar-refractivity contribution in [1.82, 2.24) is 0 Å². The molecule has 0 aromatic rings. The van der Waals surface area contributed by atoms with Crippen molar-refractivity contribution in [3.8, 4) is 0 Å². The zero-order valence-electron chi connectivity index (χ0n) is 10.3. The Labute approximate surface area is 109 Å². The predicted octanol–water partition coefficient (Wildman–Crippen LogP) is -0.374. The normalized spacial score (nSPS) is 13.5. The number of rotatable bonds is 8. The fourth-order valence-electron chi connectivity index (χ4n) is 0.959. The van der Waals surface area contributed by atoms with Gasteiger partial charge in [0.2, 0.25) is 0 Å². The summed E-state index contributed by atoms with van der Waals surface area (Å²) >= 11 is 1.22. The van der Waals surface area contributed by atoms with Crippen LogP contribution in [0.2, 0.25) is 0 Å². The minimum absolute atomic E-state index is 0.0514. The van der Waals surface area contributed by atoms with Crippen molar-refractivity contribution in [2.45, 2.75) is 26.0 Å². The molecule has 7 nitrogen and oxygen atoms in total. The summed E-state index contributed by atoms with van der Waals surface area (Å²) in [5.74, 6) is -1.55. The molecule has 0 bridgehead atoms. The second-order valence-corrected chi connectivity index (χ2v) is 4.59. The molecule has 0 rings (SSSR count). The summed E-state index contributed by atoms with van der Waals surface area (Å²) < 4.78 is 9.65. The number of hydrogen-bond acceptors (Lipinski definition) is 7. The van der Waals surface area contributed by atoms with Gasteiger partial charge in [-0.2, -0.15) is 11.8 Å². The molecular formula is C10H17NO6S. The van der Waals surface area contributed by atoms with Crippen LogP contribution in [0.3, 0.4) is 0 Å². The van der Waals surface area contributed by atoms with Gasteiger partial charge in [0.15, 0.2) is 0 Å². The maximum atomic E-state index is 10.8. The molecule has 0 aromatic heterocycles. The van der Waals surface area contributed by atoms with Crippen LogP contribution in [0, 0.1) is 0 Å². The second-order valence-electron chi connectivity index (χ2n) is 3.52. The predicted molar refractivity (Wildman–Crippen MR) is 65.1 cm³/mol. The van der Waals surface area contributed by atoms with E-state index in [4.69, 9.17) is 20.3 Å². The van der Waals surface area contributed by atoms with E-state index in [1.807, 2.05) is 0 Å². The average Bonchev–Trinajstić information content (AvgIpc) is 2.24. The Bertz CT molecular complexity index is 309. The van der Waals surface area contributed by atoms with Gasteiger partial charge in [-0.05, 0) is 0 Å². The number of thioether (sulfide) groups is 1. The van der Waals surface area contributed by atoms with Gasteiger partial charge in [-0.25, -0.2) is 0 Å². The van der Waals surface area contributed by atoms with E-state index in [2.05, 4.69) is 0 Å². The van der Waals surface area contributed by atoms with Gasteiger partial charge in [0.1, 0.15) is 18.8 Å². The third-order valence-corrected chi connectivity index (χ3v) is 2.93. The number of esters is 2. The van der Waals surface area contributed by atoms with E-state index in [-0.39, 0.29) is 12.4 Å². The fraction of sp³-hybridized carbons (Fsp3) is 0.700. The van der Waals surface area contributed by atoms with Crippen LogP contribution < -0.4 is 5.73 Å². The van der Waals surface area contributed by atoms with E-state index in [1.165, 1.54) is 25.6 Å². The Morgan fingerprint density at radius 3 is 2.28 bits per heavy atom. The highest BCUT2D eigenvalue weighted by Crippen LogP contribution is 2.08. The number of aliphatic carboxylic acids is 1. The first-order valence-corrected chi connectivity index (χ1v) is 6.35. The maximum absolute atomic E-state index is 10.8. The molecule has 0 aliphatic heterocycles. The van der Waals surface area contributed by atoms with Crippen LogP contribution >= 0.6 is 11.8 Å². The van der Waals surface area contributed by atoms with Gasteiger partial charge >= 0.3 is 17.9 Å². The smallest absolute Gasteiger partial charge is 0.321 e. The van der Waals surface area contributed by atoms with Gasteiger partial charge < -0.3 is 20.3 Å². The van der Waals surface area contributed by atoms with Gasteiger partial charge in [-0.15, -0.1) is 0 Å². The lowest BCUT2D eigenvalue weighted by Crippen LogP contribution is -2.33. The van der Waals surface area contributed by atoms with Crippen LogP contribution in [-0.4, -0.2) is 53.3 Å². The number of hydrogen-bond donors (Lipinski definition) is 2. The zero-order valence-corrected chi connectivity index (χ0v) is 11.1. The minimum atomic E-state index is -1.09. The van der Waals surface area contributed by atoms with Crippen LogP contribution in [0.15, 0.2) is 0 Å². The van der Waals surface area contributed by atoms with Crippen molar-refractivity contribution in [1.29, 1.82) is 0 Å². The van der Waals surface area contributed by atoms with Crippen LogP contribution in [-0.2, 0) is 23.9 Å². The first kappa shape index (κ1) is 16.7. The quantitative estimate of drug-likeness (QED) is 0.578. The van der Waals surface area contributed by atoms with Crippen molar-refractivity contribution < 1.29 is 29.0 Å². The lowest BCUT2D eigenvalue weighted by molar-refractivity contribution is -0.154. The number of nitrogens with two attached hydrogens (primary N) is 1. The minimum Gasteiger partial charge on any atom is -0.480 e. The topological polar surface area (TPSA) is 116 Å². The van der Waals surface area contributed by atoms with E-state index in [0.29, 0.717) is 5.75 Å². The van der Waals surface area contributed by atoms with Gasteiger partial charge in [-0.1, -0.05) is 0 Å². The van der Waals surface area contributed by atoms with E-state index in [1.54, 1.807) is 0 Å². The van der Waals surface area contributed by atoms with Crippen molar-refractivity contribution in [2.24, 2.45) is 5.73 Å². The molecule has 0 amide bonds. The largest absolute Gasteiger partial charge is 0.480 e. The lowest BCUT2D eigenvalue weighted by Gasteiger charge is -2.16. The molecule has 0 radical (unpaired) electrons. The highest BCUT2D eigenvalue weighted by molar-refractivity contribution is 7.99. The van der Waals surface area contributed by atoms with Crippen molar-refractivity contribution >= 4 is 29.7 Å². The van der Waals surface area contributed by atoms with Gasteiger partial charge in [-0.3, -0.25) is 14.4 Å². The average molecular weight is 279 g/mol. The molecule has 0 spiro atoms. The summed E-state index contributed by atoms with van der Waals surface area (Å²) in [5, 5.41) is 8.58. The van der Waals surface area contributed by atoms with E-state index < -0.39 is 30.1 Å². The standard InChI is InChI=1S/C10H17NO6S/c1-6(12)16-3-8(17-7(2)13)4-18-5-9(11)10(14)15/h8-9H,3-5,11H2,1-2H3,(H,14,15)/t8?,9-/m0/s1. The SMILES string of the molecule is CC(=O)OCC(CSC[C@H](N)C(=O)O)OC(C)=O. The summed E-state index contributed by atoms with van der Waals surface area (Å²) in [6.45, 7) is 2.44. The van der Waals surface area contributed by atoms with E-state index in [0.717, 1.165) is 0 Å². The summed E-state index contributed by atoms with van der Waals surface area (Å²) in [7, 11) is 0. The maximum Gasteiger partial charge on any atom is 0.321 e. The number of carbonyl (C=O) groups excluding carboxylic acids is 2. The molecular weight excluding hydrogens is 262 g/mol. The number of carbonyl (C=O) groups is 3. The fourth-order valence-corrected chi connectivity index (χ4v) is 1.92. The summed E-state index contributed by atoms with van der Waals surface area (Å²) in [6.07, 6.45) is -0.600. The Balaban J connectivity index is 4.03. The third kappa shape index (κ3) is 8.82. The molecule has 8 heteroatoms. The van der Waals surface area contributed by atoms with Gasteiger partial charge in [0, 0.05) is 25.4 Å². The van der Waals surface area contributed by atoms with Gasteiger partial charge in [0.05, 0.1) is 0 Å². The number of ether oxygens (including phenoxy) is 2. The summed E-state index contributed by atoms with van der Waals surface area (Å²) in [5.41, 5.74) is 5.31. The molecule has 104 valence electrons. The van der Waals surface area contributed by atoms with Crippen molar-refractivity contribution in [3.05, 3.63) is 0 Å². The summed E-state index contributed by atoms with van der Waals surface area (Å²) in [6, 6.07) is -0.971. The van der Waals surface area contributed by atoms with Crippen LogP contribution in [0.1, 0.15) is 13.8 Å². The van der Waals surface area contributed by atoms with E-state index >= 15 is 0 Å². The first-order chi connectivity index (χ1) is 8.32. The number of carboxylic acid groups (broad SMARTS) is 1. The van der Waals surface area contributed by atoms with Gasteiger partial charge in [0.25, 0.3) is 0 Å². The molecule has 2 atom stereocenters. The molecule has 0 fully saturated rings. The molecule has 0 saturated heterocycles. The third-order valence-electron chi connectivity index (χ3n) is 1.72.